The Bertz CT molecular complexity index is 617. The Morgan fingerprint density at radius 2 is 1.79 bits per heavy atom. The van der Waals surface area contributed by atoms with Crippen molar-refractivity contribution in [3.63, 3.8) is 0 Å². The lowest BCUT2D eigenvalue weighted by Crippen LogP contribution is -2.30. The molecule has 0 aliphatic heterocycles. The molecular formula is C19H23IN2O2. The number of anilines is 1. The molecule has 0 aromatic heterocycles. The van der Waals surface area contributed by atoms with Crippen molar-refractivity contribution in [2.45, 2.75) is 12.8 Å². The highest BCUT2D eigenvalue weighted by Gasteiger charge is 2.03. The standard InChI is InChI=1S/C19H23IN2O2/c1-22(17-7-3-2-4-8-17)14-6-5-13-21-19(23)15-24-18-11-9-16(20)10-12-18/h2-4,7-12H,5-6,13-15H2,1H3,(H,21,23). The first-order valence-electron chi connectivity index (χ1n) is 8.06. The minimum absolute atomic E-state index is 0.0600. The molecule has 1 amide bonds. The number of hydrogen-bond acceptors (Lipinski definition) is 3. The van der Waals surface area contributed by atoms with E-state index < -0.39 is 0 Å². The van der Waals surface area contributed by atoms with Crippen molar-refractivity contribution in [3.05, 3.63) is 58.2 Å². The predicted octanol–water partition coefficient (Wildman–Crippen LogP) is 3.70. The van der Waals surface area contributed by atoms with Gasteiger partial charge in [-0.1, -0.05) is 18.2 Å². The third-order valence-electron chi connectivity index (χ3n) is 3.62. The normalized spacial score (nSPS) is 10.2. The van der Waals surface area contributed by atoms with Gasteiger partial charge in [0, 0.05) is 29.4 Å². The summed E-state index contributed by atoms with van der Waals surface area (Å²) in [7, 11) is 2.09. The zero-order valence-electron chi connectivity index (χ0n) is 13.9. The number of rotatable bonds is 9. The number of nitrogens with one attached hydrogen (secondary N) is 1. The number of amides is 1. The Morgan fingerprint density at radius 1 is 1.08 bits per heavy atom. The molecule has 0 aliphatic rings. The van der Waals surface area contributed by atoms with Gasteiger partial charge >= 0.3 is 0 Å². The minimum atomic E-state index is -0.0787. The van der Waals surface area contributed by atoms with Crippen molar-refractivity contribution in [2.24, 2.45) is 0 Å². The second-order valence-electron chi connectivity index (χ2n) is 5.56. The Kier molecular flexibility index (Phi) is 7.88. The van der Waals surface area contributed by atoms with Crippen molar-refractivity contribution in [1.82, 2.24) is 5.32 Å². The van der Waals surface area contributed by atoms with Gasteiger partial charge in [0.05, 0.1) is 0 Å². The minimum Gasteiger partial charge on any atom is -0.484 e. The lowest BCUT2D eigenvalue weighted by Gasteiger charge is -2.19. The average molecular weight is 438 g/mol. The van der Waals surface area contributed by atoms with E-state index in [-0.39, 0.29) is 12.5 Å². The van der Waals surface area contributed by atoms with E-state index in [4.69, 9.17) is 4.74 Å². The molecule has 5 heteroatoms. The molecule has 0 radical (unpaired) electrons. The first kappa shape index (κ1) is 18.6. The molecule has 0 heterocycles. The Hall–Kier alpha value is -1.76. The molecule has 24 heavy (non-hydrogen) atoms. The summed E-state index contributed by atoms with van der Waals surface area (Å²) in [5.74, 6) is 0.639. The molecule has 2 aromatic rings. The zero-order chi connectivity index (χ0) is 17.2. The lowest BCUT2D eigenvalue weighted by atomic mass is 10.2. The monoisotopic (exact) mass is 438 g/mol. The van der Waals surface area contributed by atoms with Gasteiger partial charge < -0.3 is 15.0 Å². The van der Waals surface area contributed by atoms with E-state index in [1.165, 1.54) is 5.69 Å². The van der Waals surface area contributed by atoms with Crippen LogP contribution < -0.4 is 15.0 Å². The van der Waals surface area contributed by atoms with Gasteiger partial charge in [-0.05, 0) is 71.8 Å². The fourth-order valence-electron chi connectivity index (χ4n) is 2.24. The molecule has 0 saturated carbocycles. The molecule has 0 aliphatic carbocycles. The van der Waals surface area contributed by atoms with E-state index in [0.717, 1.165) is 28.7 Å². The number of benzene rings is 2. The largest absolute Gasteiger partial charge is 0.484 e. The molecule has 2 rings (SSSR count). The van der Waals surface area contributed by atoms with Crippen LogP contribution in [0.5, 0.6) is 5.75 Å². The van der Waals surface area contributed by atoms with Crippen LogP contribution in [-0.2, 0) is 4.79 Å². The van der Waals surface area contributed by atoms with Gasteiger partial charge in [0.1, 0.15) is 5.75 Å². The van der Waals surface area contributed by atoms with E-state index in [1.54, 1.807) is 0 Å². The number of para-hydroxylation sites is 1. The molecular weight excluding hydrogens is 415 g/mol. The summed E-state index contributed by atoms with van der Waals surface area (Å²) in [5.41, 5.74) is 1.22. The number of ether oxygens (including phenoxy) is 1. The molecule has 0 atom stereocenters. The summed E-state index contributed by atoms with van der Waals surface area (Å²) in [6, 6.07) is 18.0. The average Bonchev–Trinajstić information content (AvgIpc) is 2.61. The molecule has 1 N–H and O–H groups in total. The van der Waals surface area contributed by atoms with E-state index in [1.807, 2.05) is 42.5 Å². The Morgan fingerprint density at radius 3 is 2.50 bits per heavy atom. The van der Waals surface area contributed by atoms with E-state index in [0.29, 0.717) is 6.54 Å². The SMILES string of the molecule is CN(CCCCNC(=O)COc1ccc(I)cc1)c1ccccc1. The van der Waals surface area contributed by atoms with Crippen LogP contribution in [-0.4, -0.2) is 32.7 Å². The third kappa shape index (κ3) is 6.78. The van der Waals surface area contributed by atoms with Crippen LogP contribution in [0.3, 0.4) is 0 Å². The fraction of sp³-hybridized carbons (Fsp3) is 0.316. The van der Waals surface area contributed by atoms with Gasteiger partial charge in [-0.15, -0.1) is 0 Å². The molecule has 2 aromatic carbocycles. The number of halogens is 1. The van der Waals surface area contributed by atoms with Crippen LogP contribution in [0, 0.1) is 3.57 Å². The van der Waals surface area contributed by atoms with Crippen LogP contribution in [0.25, 0.3) is 0 Å². The second kappa shape index (κ2) is 10.2. The Labute approximate surface area is 157 Å². The van der Waals surface area contributed by atoms with Crippen LogP contribution >= 0.6 is 22.6 Å². The quantitative estimate of drug-likeness (QED) is 0.480. The molecule has 0 unspecified atom stereocenters. The third-order valence-corrected chi connectivity index (χ3v) is 4.34. The summed E-state index contributed by atoms with van der Waals surface area (Å²) < 4.78 is 6.60. The van der Waals surface area contributed by atoms with Gasteiger partial charge in [-0.25, -0.2) is 0 Å². The molecule has 0 saturated heterocycles. The molecule has 0 spiro atoms. The van der Waals surface area contributed by atoms with Crippen molar-refractivity contribution in [2.75, 3.05) is 31.6 Å². The van der Waals surface area contributed by atoms with Crippen LogP contribution in [0.2, 0.25) is 0 Å². The van der Waals surface area contributed by atoms with E-state index >= 15 is 0 Å². The first-order valence-corrected chi connectivity index (χ1v) is 9.14. The fourth-order valence-corrected chi connectivity index (χ4v) is 2.60. The van der Waals surface area contributed by atoms with Crippen molar-refractivity contribution in [3.8, 4) is 5.75 Å². The summed E-state index contributed by atoms with van der Waals surface area (Å²) in [5, 5.41) is 2.89. The highest BCUT2D eigenvalue weighted by atomic mass is 127. The maximum Gasteiger partial charge on any atom is 0.257 e. The van der Waals surface area contributed by atoms with Gasteiger partial charge in [-0.2, -0.15) is 0 Å². The van der Waals surface area contributed by atoms with Gasteiger partial charge in [0.2, 0.25) is 0 Å². The molecule has 0 bridgehead atoms. The second-order valence-corrected chi connectivity index (χ2v) is 6.80. The van der Waals surface area contributed by atoms with Crippen molar-refractivity contribution < 1.29 is 9.53 Å². The first-order chi connectivity index (χ1) is 11.6. The summed E-state index contributed by atoms with van der Waals surface area (Å²) >= 11 is 2.23. The van der Waals surface area contributed by atoms with Gasteiger partial charge in [-0.3, -0.25) is 4.79 Å². The Balaban J connectivity index is 1.55. The number of carbonyl (C=O) groups excluding carboxylic acids is 1. The topological polar surface area (TPSA) is 41.6 Å². The van der Waals surface area contributed by atoms with Gasteiger partial charge in [0.25, 0.3) is 5.91 Å². The van der Waals surface area contributed by atoms with E-state index in [9.17, 15) is 4.79 Å². The maximum atomic E-state index is 11.8. The summed E-state index contributed by atoms with van der Waals surface area (Å²) in [6.45, 7) is 1.71. The predicted molar refractivity (Wildman–Crippen MR) is 107 cm³/mol. The molecule has 4 nitrogen and oxygen atoms in total. The van der Waals surface area contributed by atoms with Crippen molar-refractivity contribution >= 4 is 34.2 Å². The number of hydrogen-bond donors (Lipinski definition) is 1. The smallest absolute Gasteiger partial charge is 0.257 e. The van der Waals surface area contributed by atoms with E-state index in [2.05, 4.69) is 52.0 Å². The lowest BCUT2D eigenvalue weighted by molar-refractivity contribution is -0.123. The van der Waals surface area contributed by atoms with Crippen LogP contribution in [0.4, 0.5) is 5.69 Å². The summed E-state index contributed by atoms with van der Waals surface area (Å²) in [4.78, 5) is 14.0. The number of unbranched alkanes of at least 4 members (excludes halogenated alkanes) is 1. The van der Waals surface area contributed by atoms with Crippen LogP contribution in [0.15, 0.2) is 54.6 Å². The highest BCUT2D eigenvalue weighted by molar-refractivity contribution is 14.1. The number of carbonyl (C=O) groups is 1. The molecule has 128 valence electrons. The maximum absolute atomic E-state index is 11.8. The molecule has 0 fully saturated rings. The van der Waals surface area contributed by atoms with Gasteiger partial charge in [0.15, 0.2) is 6.61 Å². The zero-order valence-corrected chi connectivity index (χ0v) is 16.0. The van der Waals surface area contributed by atoms with Crippen molar-refractivity contribution in [1.29, 1.82) is 0 Å². The summed E-state index contributed by atoms with van der Waals surface area (Å²) in [6.07, 6.45) is 1.98. The highest BCUT2D eigenvalue weighted by Crippen LogP contribution is 2.13. The number of nitrogens with zero attached hydrogens (tertiary/aromatic N) is 1. The van der Waals surface area contributed by atoms with Crippen LogP contribution in [0.1, 0.15) is 12.8 Å².